The largest absolute Gasteiger partial charge is 0.475 e. The summed E-state index contributed by atoms with van der Waals surface area (Å²) < 4.78 is 5.98. The van der Waals surface area contributed by atoms with Crippen LogP contribution in [0.5, 0.6) is 5.88 Å². The molecule has 114 valence electrons. The second-order valence-electron chi connectivity index (χ2n) is 5.46. The minimum Gasteiger partial charge on any atom is -0.475 e. The number of aromatic amines is 1. The summed E-state index contributed by atoms with van der Waals surface area (Å²) in [5, 5.41) is 10.8. The van der Waals surface area contributed by atoms with Gasteiger partial charge in [-0.15, -0.1) is 0 Å². The van der Waals surface area contributed by atoms with E-state index in [1.54, 1.807) is 6.20 Å². The van der Waals surface area contributed by atoms with Crippen LogP contribution in [0.4, 0.5) is 5.95 Å². The van der Waals surface area contributed by atoms with E-state index in [0.717, 1.165) is 18.5 Å². The summed E-state index contributed by atoms with van der Waals surface area (Å²) in [6.07, 6.45) is 5.43. The number of nitrogens with zero attached hydrogens (tertiary/aromatic N) is 4. The van der Waals surface area contributed by atoms with E-state index in [1.165, 1.54) is 19.3 Å². The van der Waals surface area contributed by atoms with Crippen LogP contribution in [0, 0.1) is 0 Å². The molecule has 1 saturated heterocycles. The smallest absolute Gasteiger partial charge is 0.229 e. The molecule has 1 aliphatic rings. The highest BCUT2D eigenvalue weighted by molar-refractivity contribution is 5.80. The first-order chi connectivity index (χ1) is 10.3. The van der Waals surface area contributed by atoms with Crippen LogP contribution >= 0.6 is 0 Å². The summed E-state index contributed by atoms with van der Waals surface area (Å²) in [5.41, 5.74) is 0.702. The summed E-state index contributed by atoms with van der Waals surface area (Å²) in [4.78, 5) is 11.2. The van der Waals surface area contributed by atoms with Gasteiger partial charge in [0.15, 0.2) is 5.65 Å². The molecule has 0 aliphatic carbocycles. The Morgan fingerprint density at radius 2 is 2.33 bits per heavy atom. The topological polar surface area (TPSA) is 79.0 Å². The van der Waals surface area contributed by atoms with Crippen molar-refractivity contribution in [2.45, 2.75) is 32.2 Å². The number of rotatable bonds is 5. The number of likely N-dealkylation sites (tertiary alicyclic amines) is 1. The number of H-pyrrole nitrogens is 1. The third kappa shape index (κ3) is 3.07. The molecule has 0 saturated carbocycles. The minimum absolute atomic E-state index is 0.457. The quantitative estimate of drug-likeness (QED) is 0.871. The first-order valence-electron chi connectivity index (χ1n) is 7.56. The molecule has 0 radical (unpaired) electrons. The summed E-state index contributed by atoms with van der Waals surface area (Å²) in [6.45, 7) is 4.57. The van der Waals surface area contributed by atoms with Gasteiger partial charge in [-0.25, -0.2) is 0 Å². The number of hydrogen-bond acceptors (Lipinski definition) is 6. The van der Waals surface area contributed by atoms with Crippen LogP contribution in [0.25, 0.3) is 11.0 Å². The van der Waals surface area contributed by atoms with Crippen molar-refractivity contribution in [3.63, 3.8) is 0 Å². The second-order valence-corrected chi connectivity index (χ2v) is 5.46. The molecule has 0 amide bonds. The van der Waals surface area contributed by atoms with Crippen LogP contribution in [-0.4, -0.2) is 57.9 Å². The molecule has 0 aromatic carbocycles. The number of likely N-dealkylation sites (N-methyl/N-ethyl adjacent to an activating group) is 1. The maximum Gasteiger partial charge on any atom is 0.229 e. The van der Waals surface area contributed by atoms with Gasteiger partial charge < -0.3 is 15.0 Å². The van der Waals surface area contributed by atoms with Crippen LogP contribution in [0.15, 0.2) is 6.20 Å². The van der Waals surface area contributed by atoms with Gasteiger partial charge in [0.1, 0.15) is 12.0 Å². The molecule has 1 fully saturated rings. The zero-order valence-corrected chi connectivity index (χ0v) is 12.6. The van der Waals surface area contributed by atoms with E-state index in [1.807, 2.05) is 6.92 Å². The first-order valence-corrected chi connectivity index (χ1v) is 7.56. The summed E-state index contributed by atoms with van der Waals surface area (Å²) in [5.74, 6) is 1.17. The molecule has 2 aromatic rings. The van der Waals surface area contributed by atoms with Gasteiger partial charge in [-0.2, -0.15) is 15.1 Å². The van der Waals surface area contributed by atoms with E-state index in [0.29, 0.717) is 30.1 Å². The number of piperidine rings is 1. The summed E-state index contributed by atoms with van der Waals surface area (Å²) >= 11 is 0. The number of anilines is 1. The lowest BCUT2D eigenvalue weighted by Gasteiger charge is -2.32. The average Bonchev–Trinajstić information content (AvgIpc) is 2.95. The van der Waals surface area contributed by atoms with Crippen molar-refractivity contribution in [1.82, 2.24) is 25.1 Å². The molecular formula is C14H22N6O. The third-order valence-corrected chi connectivity index (χ3v) is 3.94. The number of hydrogen-bond donors (Lipinski definition) is 2. The number of fused-ring (bicyclic) bond motifs is 1. The normalized spacial score (nSPS) is 19.8. The molecule has 1 aliphatic heterocycles. The maximum atomic E-state index is 5.98. The van der Waals surface area contributed by atoms with Crippen LogP contribution in [0.3, 0.4) is 0 Å². The Bertz CT molecular complexity index is 598. The molecule has 0 bridgehead atoms. The van der Waals surface area contributed by atoms with Crippen molar-refractivity contribution < 1.29 is 4.74 Å². The minimum atomic E-state index is 0.457. The van der Waals surface area contributed by atoms with Gasteiger partial charge in [-0.3, -0.25) is 5.10 Å². The molecule has 2 aromatic heterocycles. The van der Waals surface area contributed by atoms with E-state index < -0.39 is 0 Å². The molecule has 1 atom stereocenters. The van der Waals surface area contributed by atoms with E-state index in [9.17, 15) is 0 Å². The van der Waals surface area contributed by atoms with Crippen LogP contribution in [-0.2, 0) is 0 Å². The SMILES string of the molecule is CCNc1nc(OCC2CCCCN2C)c2cn[nH]c2n1. The highest BCUT2D eigenvalue weighted by Crippen LogP contribution is 2.23. The summed E-state index contributed by atoms with van der Waals surface area (Å²) in [6, 6.07) is 0.457. The zero-order valence-electron chi connectivity index (χ0n) is 12.6. The van der Waals surface area contributed by atoms with Gasteiger partial charge in [0.05, 0.1) is 6.20 Å². The predicted octanol–water partition coefficient (Wildman–Crippen LogP) is 1.65. The van der Waals surface area contributed by atoms with E-state index in [-0.39, 0.29) is 0 Å². The monoisotopic (exact) mass is 290 g/mol. The molecule has 7 nitrogen and oxygen atoms in total. The van der Waals surface area contributed by atoms with Crippen LogP contribution in [0.1, 0.15) is 26.2 Å². The molecule has 7 heteroatoms. The van der Waals surface area contributed by atoms with Gasteiger partial charge in [0, 0.05) is 12.6 Å². The Morgan fingerprint density at radius 1 is 1.43 bits per heavy atom. The molecule has 3 heterocycles. The molecule has 0 spiro atoms. The number of ether oxygens (including phenoxy) is 1. The standard InChI is InChI=1S/C14H22N6O/c1-3-15-14-17-12-11(8-16-19-12)13(18-14)21-9-10-6-4-5-7-20(10)2/h8,10H,3-7,9H2,1-2H3,(H2,15,16,17,18,19). The molecule has 1 unspecified atom stereocenters. The number of nitrogens with one attached hydrogen (secondary N) is 2. The first kappa shape index (κ1) is 14.1. The molecule has 2 N–H and O–H groups in total. The maximum absolute atomic E-state index is 5.98. The van der Waals surface area contributed by atoms with Crippen molar-refractivity contribution in [3.05, 3.63) is 6.20 Å². The van der Waals surface area contributed by atoms with E-state index in [4.69, 9.17) is 4.74 Å². The van der Waals surface area contributed by atoms with Gasteiger partial charge in [-0.05, 0) is 33.4 Å². The van der Waals surface area contributed by atoms with Crippen molar-refractivity contribution in [1.29, 1.82) is 0 Å². The zero-order chi connectivity index (χ0) is 14.7. The fourth-order valence-corrected chi connectivity index (χ4v) is 2.69. The summed E-state index contributed by atoms with van der Waals surface area (Å²) in [7, 11) is 2.16. The van der Waals surface area contributed by atoms with Gasteiger partial charge >= 0.3 is 0 Å². The predicted molar refractivity (Wildman–Crippen MR) is 81.6 cm³/mol. The average molecular weight is 290 g/mol. The fraction of sp³-hybridized carbons (Fsp3) is 0.643. The number of aromatic nitrogens is 4. The van der Waals surface area contributed by atoms with Crippen molar-refractivity contribution in [2.24, 2.45) is 0 Å². The van der Waals surface area contributed by atoms with Gasteiger partial charge in [0.2, 0.25) is 11.8 Å². The lowest BCUT2D eigenvalue weighted by atomic mass is 10.0. The van der Waals surface area contributed by atoms with Crippen molar-refractivity contribution in [2.75, 3.05) is 32.1 Å². The lowest BCUT2D eigenvalue weighted by Crippen LogP contribution is -2.40. The highest BCUT2D eigenvalue weighted by Gasteiger charge is 2.20. The Kier molecular flexibility index (Phi) is 4.19. The highest BCUT2D eigenvalue weighted by atomic mass is 16.5. The van der Waals surface area contributed by atoms with Gasteiger partial charge in [-0.1, -0.05) is 6.42 Å². The van der Waals surface area contributed by atoms with Crippen LogP contribution < -0.4 is 10.1 Å². The van der Waals surface area contributed by atoms with E-state index in [2.05, 4.69) is 37.4 Å². The molecular weight excluding hydrogens is 268 g/mol. The molecule has 21 heavy (non-hydrogen) atoms. The van der Waals surface area contributed by atoms with E-state index >= 15 is 0 Å². The Hall–Kier alpha value is -1.89. The van der Waals surface area contributed by atoms with Gasteiger partial charge in [0.25, 0.3) is 0 Å². The van der Waals surface area contributed by atoms with Crippen LogP contribution in [0.2, 0.25) is 0 Å². The fourth-order valence-electron chi connectivity index (χ4n) is 2.69. The van der Waals surface area contributed by atoms with Crippen molar-refractivity contribution >= 4 is 17.0 Å². The lowest BCUT2D eigenvalue weighted by molar-refractivity contribution is 0.123. The molecule has 3 rings (SSSR count). The Labute approximate surface area is 124 Å². The Balaban J connectivity index is 1.77. The Morgan fingerprint density at radius 3 is 3.14 bits per heavy atom. The van der Waals surface area contributed by atoms with Crippen molar-refractivity contribution in [3.8, 4) is 5.88 Å². The second kappa shape index (κ2) is 6.26. The third-order valence-electron chi connectivity index (χ3n) is 3.94.